The molecular formula is C24H24ClF3N4O3. The number of rotatable bonds is 8. The Hall–Kier alpha value is -3.08. The number of H-pyrrole nitrogens is 1. The molecule has 7 nitrogen and oxygen atoms in total. The van der Waals surface area contributed by atoms with Gasteiger partial charge < -0.3 is 19.9 Å². The summed E-state index contributed by atoms with van der Waals surface area (Å²) in [5.74, 6) is -1.55. The number of benzene rings is 1. The van der Waals surface area contributed by atoms with Crippen molar-refractivity contribution in [2.45, 2.75) is 45.9 Å². The molecular weight excluding hydrogens is 485 g/mol. The van der Waals surface area contributed by atoms with E-state index < -0.39 is 24.5 Å². The molecule has 0 fully saturated rings. The van der Waals surface area contributed by atoms with Gasteiger partial charge in [0.2, 0.25) is 0 Å². The molecule has 0 bridgehead atoms. The normalized spacial score (nSPS) is 13.5. The standard InChI is InChI=1S/C24H24ClF3N4O3/c1-11(20-19(35-24(27)28)5-4-18(26)22(20)25)17-8-30-23-16(17)6-14(7-29-23)21-12(2)31-32(13(21)3)9-15(34)10-33/h4-8,11,15,24,33-34H,9-10H2,1-3H3,(H,29,30)/t11-,15?/m0/s1. The Labute approximate surface area is 204 Å². The fraction of sp³-hybridized carbons (Fsp3) is 0.333. The van der Waals surface area contributed by atoms with Crippen LogP contribution < -0.4 is 4.74 Å². The Kier molecular flexibility index (Phi) is 7.07. The van der Waals surface area contributed by atoms with Crippen molar-refractivity contribution < 1.29 is 28.1 Å². The molecule has 0 aliphatic carbocycles. The maximum atomic E-state index is 14.3. The first-order valence-electron chi connectivity index (χ1n) is 10.8. The number of aryl methyl sites for hydroxylation is 1. The largest absolute Gasteiger partial charge is 0.434 e. The van der Waals surface area contributed by atoms with Gasteiger partial charge in [0.1, 0.15) is 17.2 Å². The van der Waals surface area contributed by atoms with Crippen molar-refractivity contribution in [2.75, 3.05) is 6.61 Å². The third-order valence-electron chi connectivity index (χ3n) is 6.04. The molecule has 3 heterocycles. The van der Waals surface area contributed by atoms with Crippen LogP contribution in [0.4, 0.5) is 13.2 Å². The average Bonchev–Trinajstić information content (AvgIpc) is 3.35. The van der Waals surface area contributed by atoms with Crippen molar-refractivity contribution >= 4 is 22.6 Å². The van der Waals surface area contributed by atoms with Gasteiger partial charge in [0, 0.05) is 46.1 Å². The molecule has 0 amide bonds. The summed E-state index contributed by atoms with van der Waals surface area (Å²) in [6, 6.07) is 4.01. The number of aromatic nitrogens is 4. The summed E-state index contributed by atoms with van der Waals surface area (Å²) in [6.45, 7) is 2.06. The number of pyridine rings is 1. The fourth-order valence-electron chi connectivity index (χ4n) is 4.37. The molecule has 0 spiro atoms. The van der Waals surface area contributed by atoms with E-state index in [1.165, 1.54) is 0 Å². The second-order valence-corrected chi connectivity index (χ2v) is 8.68. The maximum absolute atomic E-state index is 14.3. The minimum absolute atomic E-state index is 0.108. The van der Waals surface area contributed by atoms with Gasteiger partial charge in [0.15, 0.2) is 0 Å². The van der Waals surface area contributed by atoms with E-state index in [1.807, 2.05) is 19.9 Å². The molecule has 0 saturated heterocycles. The van der Waals surface area contributed by atoms with Crippen LogP contribution in [0, 0.1) is 19.7 Å². The first kappa shape index (κ1) is 25.0. The van der Waals surface area contributed by atoms with Gasteiger partial charge in [0.25, 0.3) is 0 Å². The van der Waals surface area contributed by atoms with Crippen LogP contribution in [0.2, 0.25) is 5.02 Å². The predicted molar refractivity (Wildman–Crippen MR) is 125 cm³/mol. The fourth-order valence-corrected chi connectivity index (χ4v) is 4.69. The summed E-state index contributed by atoms with van der Waals surface area (Å²) in [6.07, 6.45) is 2.41. The summed E-state index contributed by atoms with van der Waals surface area (Å²) in [5, 5.41) is 23.9. The van der Waals surface area contributed by atoms with Crippen LogP contribution in [-0.2, 0) is 6.54 Å². The van der Waals surface area contributed by atoms with Gasteiger partial charge >= 0.3 is 6.61 Å². The van der Waals surface area contributed by atoms with Crippen molar-refractivity contribution in [3.8, 4) is 16.9 Å². The second-order valence-electron chi connectivity index (χ2n) is 8.30. The van der Waals surface area contributed by atoms with Gasteiger partial charge in [-0.05, 0) is 37.6 Å². The minimum atomic E-state index is -3.09. The van der Waals surface area contributed by atoms with Crippen molar-refractivity contribution in [2.24, 2.45) is 0 Å². The molecule has 4 rings (SSSR count). The van der Waals surface area contributed by atoms with Gasteiger partial charge in [-0.2, -0.15) is 13.9 Å². The van der Waals surface area contributed by atoms with Gasteiger partial charge in [-0.15, -0.1) is 0 Å². The number of alkyl halides is 2. The monoisotopic (exact) mass is 508 g/mol. The number of nitrogens with one attached hydrogen (secondary N) is 1. The predicted octanol–water partition coefficient (Wildman–Crippen LogP) is 4.94. The molecule has 1 unspecified atom stereocenters. The molecule has 186 valence electrons. The van der Waals surface area contributed by atoms with Crippen LogP contribution in [0.3, 0.4) is 0 Å². The van der Waals surface area contributed by atoms with E-state index in [0.717, 1.165) is 29.0 Å². The summed E-state index contributed by atoms with van der Waals surface area (Å²) in [4.78, 5) is 7.55. The molecule has 0 aliphatic heterocycles. The summed E-state index contributed by atoms with van der Waals surface area (Å²) < 4.78 is 46.5. The molecule has 2 atom stereocenters. The van der Waals surface area contributed by atoms with E-state index in [-0.39, 0.29) is 29.5 Å². The number of ether oxygens (including phenoxy) is 1. The van der Waals surface area contributed by atoms with E-state index in [2.05, 4.69) is 19.8 Å². The highest BCUT2D eigenvalue weighted by Crippen LogP contribution is 2.41. The lowest BCUT2D eigenvalue weighted by Gasteiger charge is -2.18. The SMILES string of the molecule is Cc1nn(CC(O)CO)c(C)c1-c1cnc2[nH]cc([C@H](C)c3c(OC(F)F)ccc(F)c3Cl)c2c1. The molecule has 3 N–H and O–H groups in total. The van der Waals surface area contributed by atoms with E-state index in [0.29, 0.717) is 22.3 Å². The van der Waals surface area contributed by atoms with Gasteiger partial charge in [-0.3, -0.25) is 4.68 Å². The number of aliphatic hydroxyl groups is 2. The zero-order valence-corrected chi connectivity index (χ0v) is 19.9. The third-order valence-corrected chi connectivity index (χ3v) is 6.42. The van der Waals surface area contributed by atoms with Crippen molar-refractivity contribution in [1.29, 1.82) is 0 Å². The molecule has 0 saturated carbocycles. The van der Waals surface area contributed by atoms with E-state index >= 15 is 0 Å². The molecule has 11 heteroatoms. The van der Waals surface area contributed by atoms with Crippen LogP contribution in [0.15, 0.2) is 30.6 Å². The molecule has 4 aromatic rings. The number of fused-ring (bicyclic) bond motifs is 1. The highest BCUT2D eigenvalue weighted by molar-refractivity contribution is 6.31. The first-order chi connectivity index (χ1) is 16.6. The number of aromatic amines is 1. The minimum Gasteiger partial charge on any atom is -0.434 e. The van der Waals surface area contributed by atoms with Gasteiger partial charge in [-0.1, -0.05) is 18.5 Å². The number of halogens is 4. The third kappa shape index (κ3) is 4.73. The topological polar surface area (TPSA) is 96.2 Å². The lowest BCUT2D eigenvalue weighted by atomic mass is 9.91. The van der Waals surface area contributed by atoms with Gasteiger partial charge in [-0.25, -0.2) is 9.37 Å². The van der Waals surface area contributed by atoms with Crippen molar-refractivity contribution in [3.05, 3.63) is 63.9 Å². The summed E-state index contributed by atoms with van der Waals surface area (Å²) in [5.41, 5.74) is 4.38. The number of hydrogen-bond acceptors (Lipinski definition) is 5. The highest BCUT2D eigenvalue weighted by Gasteiger charge is 2.25. The number of hydrogen-bond donors (Lipinski definition) is 3. The summed E-state index contributed by atoms with van der Waals surface area (Å²) in [7, 11) is 0. The van der Waals surface area contributed by atoms with Crippen LogP contribution in [0.25, 0.3) is 22.2 Å². The van der Waals surface area contributed by atoms with Crippen molar-refractivity contribution in [3.63, 3.8) is 0 Å². The lowest BCUT2D eigenvalue weighted by Crippen LogP contribution is -2.21. The van der Waals surface area contributed by atoms with Crippen LogP contribution in [0.5, 0.6) is 5.75 Å². The zero-order chi connectivity index (χ0) is 25.4. The Balaban J connectivity index is 1.81. The molecule has 0 radical (unpaired) electrons. The van der Waals surface area contributed by atoms with E-state index in [4.69, 9.17) is 16.7 Å². The molecule has 1 aromatic carbocycles. The maximum Gasteiger partial charge on any atom is 0.387 e. The van der Waals surface area contributed by atoms with E-state index in [1.54, 1.807) is 24.0 Å². The lowest BCUT2D eigenvalue weighted by molar-refractivity contribution is -0.0505. The van der Waals surface area contributed by atoms with Crippen LogP contribution in [0.1, 0.15) is 35.4 Å². The summed E-state index contributed by atoms with van der Waals surface area (Å²) >= 11 is 6.19. The highest BCUT2D eigenvalue weighted by atomic mass is 35.5. The quantitative estimate of drug-likeness (QED) is 0.313. The second kappa shape index (κ2) is 9.88. The van der Waals surface area contributed by atoms with Gasteiger partial charge in [0.05, 0.1) is 30.0 Å². The van der Waals surface area contributed by atoms with Crippen LogP contribution in [-0.4, -0.2) is 49.3 Å². The Morgan fingerprint density at radius 2 is 2.00 bits per heavy atom. The Bertz CT molecular complexity index is 1370. The molecule has 35 heavy (non-hydrogen) atoms. The number of aliphatic hydroxyl groups excluding tert-OH is 2. The Morgan fingerprint density at radius 1 is 1.26 bits per heavy atom. The zero-order valence-electron chi connectivity index (χ0n) is 19.2. The molecule has 0 aliphatic rings. The molecule has 3 aromatic heterocycles. The Morgan fingerprint density at radius 3 is 2.69 bits per heavy atom. The smallest absolute Gasteiger partial charge is 0.387 e. The van der Waals surface area contributed by atoms with Crippen LogP contribution >= 0.6 is 11.6 Å². The van der Waals surface area contributed by atoms with E-state index in [9.17, 15) is 18.3 Å². The number of nitrogens with zero attached hydrogens (tertiary/aromatic N) is 3. The average molecular weight is 509 g/mol. The van der Waals surface area contributed by atoms with Crippen molar-refractivity contribution in [1.82, 2.24) is 19.7 Å². The first-order valence-corrected chi connectivity index (χ1v) is 11.2.